The van der Waals surface area contributed by atoms with Crippen LogP contribution in [0.4, 0.5) is 5.82 Å². The number of phenolic OH excluding ortho intramolecular Hbond substituents is 1. The molecule has 3 atom stereocenters. The van der Waals surface area contributed by atoms with E-state index < -0.39 is 5.69 Å². The van der Waals surface area contributed by atoms with Gasteiger partial charge in [0.15, 0.2) is 0 Å². The van der Waals surface area contributed by atoms with Gasteiger partial charge in [0.1, 0.15) is 18.2 Å². The molecule has 12 heteroatoms. The summed E-state index contributed by atoms with van der Waals surface area (Å²) < 4.78 is 6.28. The number of nitrogens with zero attached hydrogens (tertiary/aromatic N) is 6. The third kappa shape index (κ3) is 4.95. The number of fused-ring (bicyclic) bond motifs is 4. The zero-order valence-electron chi connectivity index (χ0n) is 24.9. The number of nitrogens with one attached hydrogen (secondary N) is 2. The molecule has 5 heterocycles. The summed E-state index contributed by atoms with van der Waals surface area (Å²) in [7, 11) is 2.12. The van der Waals surface area contributed by atoms with E-state index in [9.17, 15) is 14.7 Å². The van der Waals surface area contributed by atoms with Crippen LogP contribution < -0.4 is 15.3 Å². The van der Waals surface area contributed by atoms with Crippen molar-refractivity contribution in [2.24, 2.45) is 0 Å². The molecule has 0 aliphatic carbocycles. The minimum atomic E-state index is -0.494. The number of anilines is 1. The quantitative estimate of drug-likeness (QED) is 0.264. The molecule has 2 unspecified atom stereocenters. The number of rotatable bonds is 6. The SMILES string of the molecule is CN1CCC[C@H]1COc1nc(N2CC3CCC(C2)N3C(=O)c2n[nH]c(=O)[nH]2)c2ccc(-c3cc(O)cc4ccccc34)cc2n1. The van der Waals surface area contributed by atoms with Crippen LogP contribution in [0.15, 0.2) is 59.4 Å². The molecule has 5 aromatic rings. The Morgan fingerprint density at radius 2 is 1.84 bits per heavy atom. The number of ether oxygens (including phenoxy) is 1. The number of likely N-dealkylation sites (tertiary alicyclic amines) is 1. The molecule has 12 nitrogen and oxygen atoms in total. The first-order valence-corrected chi connectivity index (χ1v) is 15.5. The highest BCUT2D eigenvalue weighted by Crippen LogP contribution is 2.38. The summed E-state index contributed by atoms with van der Waals surface area (Å²) in [4.78, 5) is 43.7. The van der Waals surface area contributed by atoms with E-state index in [1.54, 1.807) is 12.1 Å². The summed E-state index contributed by atoms with van der Waals surface area (Å²) in [6.07, 6.45) is 3.94. The van der Waals surface area contributed by atoms with Crippen LogP contribution in [0.2, 0.25) is 0 Å². The van der Waals surface area contributed by atoms with Gasteiger partial charge in [0.25, 0.3) is 5.91 Å². The number of hydrogen-bond donors (Lipinski definition) is 3. The average Bonchev–Trinajstić information content (AvgIpc) is 3.74. The summed E-state index contributed by atoms with van der Waals surface area (Å²) in [6.45, 7) is 2.74. The van der Waals surface area contributed by atoms with Crippen LogP contribution in [-0.4, -0.2) is 97.4 Å². The number of H-pyrrole nitrogens is 2. The molecule has 3 fully saturated rings. The molecule has 3 aromatic carbocycles. The first-order valence-electron chi connectivity index (χ1n) is 15.5. The molecule has 2 bridgehead atoms. The van der Waals surface area contributed by atoms with E-state index in [4.69, 9.17) is 14.7 Å². The highest BCUT2D eigenvalue weighted by molar-refractivity contribution is 6.01. The van der Waals surface area contributed by atoms with Gasteiger partial charge in [-0.2, -0.15) is 9.97 Å². The highest BCUT2D eigenvalue weighted by Gasteiger charge is 2.44. The van der Waals surface area contributed by atoms with E-state index in [-0.39, 0.29) is 29.6 Å². The molecule has 45 heavy (non-hydrogen) atoms. The molecule has 3 saturated heterocycles. The second kappa shape index (κ2) is 10.9. The molecule has 8 rings (SSSR count). The van der Waals surface area contributed by atoms with Crippen LogP contribution in [0.25, 0.3) is 32.8 Å². The molecule has 3 N–H and O–H groups in total. The number of aromatic nitrogens is 5. The normalized spacial score (nSPS) is 21.7. The molecule has 0 saturated carbocycles. The van der Waals surface area contributed by atoms with Crippen molar-refractivity contribution < 1.29 is 14.6 Å². The van der Waals surface area contributed by atoms with Crippen LogP contribution >= 0.6 is 0 Å². The summed E-state index contributed by atoms with van der Waals surface area (Å²) in [5.74, 6) is 0.760. The number of amides is 1. The second-order valence-electron chi connectivity index (χ2n) is 12.4. The van der Waals surface area contributed by atoms with Gasteiger partial charge >= 0.3 is 11.7 Å². The van der Waals surface area contributed by atoms with Crippen molar-refractivity contribution in [2.75, 3.05) is 38.2 Å². The molecular weight excluding hydrogens is 572 g/mol. The first-order chi connectivity index (χ1) is 21.9. The summed E-state index contributed by atoms with van der Waals surface area (Å²) in [5, 5.41) is 19.6. The van der Waals surface area contributed by atoms with E-state index in [1.807, 2.05) is 41.3 Å². The minimum Gasteiger partial charge on any atom is -0.508 e. The van der Waals surface area contributed by atoms with Gasteiger partial charge in [-0.1, -0.05) is 30.3 Å². The fraction of sp³-hybridized carbons (Fsp3) is 0.364. The Labute approximate surface area is 258 Å². The van der Waals surface area contributed by atoms with Crippen LogP contribution in [0.5, 0.6) is 11.8 Å². The third-order valence-corrected chi connectivity index (χ3v) is 9.61. The molecule has 3 aliphatic heterocycles. The third-order valence-electron chi connectivity index (χ3n) is 9.61. The zero-order valence-corrected chi connectivity index (χ0v) is 24.9. The zero-order chi connectivity index (χ0) is 30.7. The van der Waals surface area contributed by atoms with Crippen molar-refractivity contribution in [2.45, 2.75) is 43.8 Å². The lowest BCUT2D eigenvalue weighted by Gasteiger charge is -2.41. The van der Waals surface area contributed by atoms with E-state index in [0.717, 1.165) is 70.8 Å². The lowest BCUT2D eigenvalue weighted by Crippen LogP contribution is -2.56. The van der Waals surface area contributed by atoms with Gasteiger partial charge < -0.3 is 24.5 Å². The predicted molar refractivity (Wildman–Crippen MR) is 170 cm³/mol. The van der Waals surface area contributed by atoms with Gasteiger partial charge in [0.05, 0.1) is 17.6 Å². The molecule has 2 aromatic heterocycles. The fourth-order valence-electron chi connectivity index (χ4n) is 7.36. The number of hydrogen-bond acceptors (Lipinski definition) is 9. The smallest absolute Gasteiger partial charge is 0.341 e. The molecule has 1 amide bonds. The standard InChI is InChI=1S/C33H34N8O4/c1-39-12-4-6-23(39)18-45-33-34-28-14-20(27-15-24(42)13-19-5-2-3-7-25(19)27)8-11-26(28)30(36-33)40-16-21-9-10-22(17-40)41(21)31(43)29-35-32(44)38-37-29/h2-3,5,7-8,11,13-15,21-23,42H,4,6,9-10,12,16-18H2,1H3,(H2,35,37,38,44)/t21?,22?,23-/m0/s1. The van der Waals surface area contributed by atoms with Gasteiger partial charge in [0.2, 0.25) is 5.82 Å². The van der Waals surface area contributed by atoms with Crippen molar-refractivity contribution in [1.82, 2.24) is 34.9 Å². The van der Waals surface area contributed by atoms with Gasteiger partial charge in [-0.15, -0.1) is 5.10 Å². The largest absolute Gasteiger partial charge is 0.508 e. The number of benzene rings is 3. The van der Waals surface area contributed by atoms with Crippen LogP contribution in [0.3, 0.4) is 0 Å². The summed E-state index contributed by atoms with van der Waals surface area (Å²) in [6, 6.07) is 18.3. The van der Waals surface area contributed by atoms with Gasteiger partial charge in [0, 0.05) is 24.5 Å². The average molecular weight is 607 g/mol. The van der Waals surface area contributed by atoms with E-state index >= 15 is 0 Å². The predicted octanol–water partition coefficient (Wildman–Crippen LogP) is 3.53. The van der Waals surface area contributed by atoms with E-state index in [1.165, 1.54) is 0 Å². The van der Waals surface area contributed by atoms with E-state index in [0.29, 0.717) is 31.7 Å². The maximum absolute atomic E-state index is 13.3. The number of piperazine rings is 1. The van der Waals surface area contributed by atoms with Gasteiger partial charge in [-0.25, -0.2) is 9.89 Å². The number of likely N-dealkylation sites (N-methyl/N-ethyl adjacent to an activating group) is 1. The highest BCUT2D eigenvalue weighted by atomic mass is 16.5. The monoisotopic (exact) mass is 606 g/mol. The maximum Gasteiger partial charge on any atom is 0.341 e. The number of aromatic hydroxyl groups is 1. The Morgan fingerprint density at radius 1 is 1.02 bits per heavy atom. The Bertz CT molecular complexity index is 1980. The molecule has 0 spiro atoms. The molecule has 0 radical (unpaired) electrons. The maximum atomic E-state index is 13.3. The number of aromatic amines is 2. The lowest BCUT2D eigenvalue weighted by molar-refractivity contribution is 0.0628. The fourth-order valence-corrected chi connectivity index (χ4v) is 7.36. The van der Waals surface area contributed by atoms with Gasteiger partial charge in [-0.05, 0) is 85.4 Å². The minimum absolute atomic E-state index is 0.0393. The van der Waals surface area contributed by atoms with Crippen molar-refractivity contribution in [3.05, 3.63) is 70.9 Å². The van der Waals surface area contributed by atoms with Gasteiger partial charge in [-0.3, -0.25) is 9.78 Å². The van der Waals surface area contributed by atoms with Crippen molar-refractivity contribution >= 4 is 33.4 Å². The Morgan fingerprint density at radius 3 is 2.60 bits per heavy atom. The van der Waals surface area contributed by atoms with E-state index in [2.05, 4.69) is 38.1 Å². The lowest BCUT2D eigenvalue weighted by atomic mass is 9.97. The van der Waals surface area contributed by atoms with Crippen molar-refractivity contribution in [1.29, 1.82) is 0 Å². The molecule has 3 aliphatic rings. The number of carbonyl (C=O) groups excluding carboxylic acids is 1. The van der Waals surface area contributed by atoms with Crippen molar-refractivity contribution in [3.8, 4) is 22.9 Å². The summed E-state index contributed by atoms with van der Waals surface area (Å²) in [5.41, 5.74) is 2.11. The molecular formula is C33H34N8O4. The number of carbonyl (C=O) groups is 1. The van der Waals surface area contributed by atoms with Crippen LogP contribution in [0, 0.1) is 0 Å². The van der Waals surface area contributed by atoms with Crippen LogP contribution in [-0.2, 0) is 0 Å². The first kappa shape index (κ1) is 27.6. The molecule has 230 valence electrons. The Balaban J connectivity index is 1.17. The van der Waals surface area contributed by atoms with Crippen molar-refractivity contribution in [3.63, 3.8) is 0 Å². The van der Waals surface area contributed by atoms with Crippen LogP contribution in [0.1, 0.15) is 36.3 Å². The Kier molecular flexibility index (Phi) is 6.67. The Hall–Kier alpha value is -4.97. The topological polar surface area (TPSA) is 144 Å². The summed E-state index contributed by atoms with van der Waals surface area (Å²) >= 11 is 0. The number of phenols is 1. The second-order valence-corrected chi connectivity index (χ2v) is 12.4.